The topological polar surface area (TPSA) is 3.24 Å². The molecule has 0 heterocycles. The van der Waals surface area contributed by atoms with Crippen molar-refractivity contribution in [1.82, 2.24) is 4.57 Å². The van der Waals surface area contributed by atoms with E-state index in [2.05, 4.69) is 0 Å². The standard InChI is InChI=1S/C4H11Cl2NSi/c1-4-7(2)8(3,5)6/h4H2,1-3H3. The summed E-state index contributed by atoms with van der Waals surface area (Å²) in [6, 6.07) is 0. The first-order chi connectivity index (χ1) is 3.48. The van der Waals surface area contributed by atoms with Gasteiger partial charge < -0.3 is 4.57 Å². The van der Waals surface area contributed by atoms with E-state index in [1.165, 1.54) is 0 Å². The lowest BCUT2D eigenvalue weighted by atomic mass is 10.8. The molecule has 0 bridgehead atoms. The molecule has 0 saturated carbocycles. The van der Waals surface area contributed by atoms with Crippen molar-refractivity contribution >= 4 is 29.0 Å². The molecular weight excluding hydrogens is 161 g/mol. The maximum atomic E-state index is 5.81. The molecule has 0 aliphatic heterocycles. The Labute approximate surface area is 61.1 Å². The Morgan fingerprint density at radius 2 is 1.88 bits per heavy atom. The lowest BCUT2D eigenvalue weighted by Crippen LogP contribution is -2.38. The molecule has 0 aromatic carbocycles. The van der Waals surface area contributed by atoms with E-state index in [-0.39, 0.29) is 0 Å². The highest BCUT2D eigenvalue weighted by Gasteiger charge is 2.25. The lowest BCUT2D eigenvalue weighted by Gasteiger charge is -2.22. The van der Waals surface area contributed by atoms with Crippen LogP contribution in [0.1, 0.15) is 6.92 Å². The van der Waals surface area contributed by atoms with Gasteiger partial charge in [0, 0.05) is 0 Å². The third-order valence-corrected chi connectivity index (χ3v) is 4.53. The van der Waals surface area contributed by atoms with Crippen LogP contribution in [0.15, 0.2) is 0 Å². The van der Waals surface area contributed by atoms with Crippen LogP contribution in [0.3, 0.4) is 0 Å². The molecule has 0 aliphatic rings. The maximum absolute atomic E-state index is 5.81. The zero-order valence-electron chi connectivity index (χ0n) is 5.41. The van der Waals surface area contributed by atoms with Crippen LogP contribution in [0.5, 0.6) is 0 Å². The fourth-order valence-electron chi connectivity index (χ4n) is 0.278. The summed E-state index contributed by atoms with van der Waals surface area (Å²) in [4.78, 5) is 0. The molecule has 50 valence electrons. The third kappa shape index (κ3) is 2.92. The van der Waals surface area contributed by atoms with Crippen molar-refractivity contribution in [2.24, 2.45) is 0 Å². The van der Waals surface area contributed by atoms with Crippen molar-refractivity contribution in [2.75, 3.05) is 13.6 Å². The lowest BCUT2D eigenvalue weighted by molar-refractivity contribution is 0.559. The van der Waals surface area contributed by atoms with E-state index >= 15 is 0 Å². The van der Waals surface area contributed by atoms with Crippen LogP contribution in [0, 0.1) is 0 Å². The number of halogens is 2. The van der Waals surface area contributed by atoms with Crippen LogP contribution in [0.2, 0.25) is 6.55 Å². The molecule has 0 saturated heterocycles. The Hall–Kier alpha value is 0.757. The van der Waals surface area contributed by atoms with Gasteiger partial charge in [0.05, 0.1) is 0 Å². The summed E-state index contributed by atoms with van der Waals surface area (Å²) in [6.45, 7) is 2.87. The fraction of sp³-hybridized carbons (Fsp3) is 1.00. The van der Waals surface area contributed by atoms with Crippen LogP contribution >= 0.6 is 22.2 Å². The second kappa shape index (κ2) is 3.06. The predicted molar refractivity (Wildman–Crippen MR) is 41.6 cm³/mol. The van der Waals surface area contributed by atoms with Crippen LogP contribution < -0.4 is 0 Å². The van der Waals surface area contributed by atoms with Gasteiger partial charge in [-0.3, -0.25) is 0 Å². The van der Waals surface area contributed by atoms with Gasteiger partial charge >= 0.3 is 6.86 Å². The minimum atomic E-state index is -1.98. The molecular formula is C4H11Cl2NSi. The van der Waals surface area contributed by atoms with Gasteiger partial charge in [-0.15, -0.1) is 22.2 Å². The summed E-state index contributed by atoms with van der Waals surface area (Å²) < 4.78 is 1.98. The molecule has 0 amide bonds. The third-order valence-electron chi connectivity index (χ3n) is 1.14. The number of rotatable bonds is 2. The molecule has 0 atom stereocenters. The average Bonchev–Trinajstić information content (AvgIpc) is 1.62. The zero-order chi connectivity index (χ0) is 6.78. The second-order valence-electron chi connectivity index (χ2n) is 1.86. The maximum Gasteiger partial charge on any atom is 0.321 e. The highest BCUT2D eigenvalue weighted by atomic mass is 35.7. The Bertz CT molecular complexity index is 70.9. The smallest absolute Gasteiger partial charge is 0.303 e. The first kappa shape index (κ1) is 8.76. The van der Waals surface area contributed by atoms with Crippen LogP contribution in [-0.2, 0) is 0 Å². The summed E-state index contributed by atoms with van der Waals surface area (Å²) in [5, 5.41) is 0. The van der Waals surface area contributed by atoms with E-state index in [1.807, 2.05) is 25.1 Å². The van der Waals surface area contributed by atoms with E-state index in [0.29, 0.717) is 0 Å². The highest BCUT2D eigenvalue weighted by molar-refractivity contribution is 7.43. The second-order valence-corrected chi connectivity index (χ2v) is 9.30. The van der Waals surface area contributed by atoms with Gasteiger partial charge in [0.1, 0.15) is 0 Å². The van der Waals surface area contributed by atoms with Gasteiger partial charge in [0.2, 0.25) is 0 Å². The number of hydrogen-bond donors (Lipinski definition) is 0. The molecule has 1 nitrogen and oxygen atoms in total. The molecule has 0 fully saturated rings. The van der Waals surface area contributed by atoms with Crippen molar-refractivity contribution < 1.29 is 0 Å². The van der Waals surface area contributed by atoms with Gasteiger partial charge in [-0.2, -0.15) is 0 Å². The Morgan fingerprint density at radius 1 is 1.50 bits per heavy atom. The van der Waals surface area contributed by atoms with Gasteiger partial charge in [-0.05, 0) is 20.1 Å². The van der Waals surface area contributed by atoms with Crippen LogP contribution in [-0.4, -0.2) is 25.0 Å². The average molecular weight is 172 g/mol. The summed E-state index contributed by atoms with van der Waals surface area (Å²) >= 11 is 11.6. The number of hydrogen-bond acceptors (Lipinski definition) is 1. The molecule has 0 rings (SSSR count). The van der Waals surface area contributed by atoms with Crippen LogP contribution in [0.25, 0.3) is 0 Å². The Morgan fingerprint density at radius 3 is 1.88 bits per heavy atom. The van der Waals surface area contributed by atoms with Crippen molar-refractivity contribution in [1.29, 1.82) is 0 Å². The summed E-state index contributed by atoms with van der Waals surface area (Å²) in [5.41, 5.74) is 0. The Balaban J connectivity index is 3.62. The minimum Gasteiger partial charge on any atom is -0.303 e. The fourth-order valence-corrected chi connectivity index (χ4v) is 1.55. The molecule has 0 unspecified atom stereocenters. The van der Waals surface area contributed by atoms with E-state index in [9.17, 15) is 0 Å². The van der Waals surface area contributed by atoms with Crippen molar-refractivity contribution in [3.8, 4) is 0 Å². The normalized spacial score (nSPS) is 12.8. The van der Waals surface area contributed by atoms with E-state index in [4.69, 9.17) is 22.2 Å². The molecule has 4 heteroatoms. The van der Waals surface area contributed by atoms with Gasteiger partial charge in [-0.1, -0.05) is 6.92 Å². The minimum absolute atomic E-state index is 0.926. The first-order valence-electron chi connectivity index (χ1n) is 2.57. The predicted octanol–water partition coefficient (Wildman–Crippen LogP) is 1.98. The molecule has 0 N–H and O–H groups in total. The molecule has 0 spiro atoms. The SMILES string of the molecule is CCN(C)[Si](C)(Cl)Cl. The van der Waals surface area contributed by atoms with Gasteiger partial charge in [-0.25, -0.2) is 0 Å². The van der Waals surface area contributed by atoms with Gasteiger partial charge in [0.25, 0.3) is 0 Å². The van der Waals surface area contributed by atoms with E-state index in [0.717, 1.165) is 6.54 Å². The van der Waals surface area contributed by atoms with Gasteiger partial charge in [0.15, 0.2) is 0 Å². The number of nitrogens with zero attached hydrogens (tertiary/aromatic N) is 1. The van der Waals surface area contributed by atoms with Crippen molar-refractivity contribution in [2.45, 2.75) is 13.5 Å². The molecule has 0 aliphatic carbocycles. The first-order valence-corrected chi connectivity index (χ1v) is 7.04. The summed E-state index contributed by atoms with van der Waals surface area (Å²) in [7, 11) is 1.94. The highest BCUT2D eigenvalue weighted by Crippen LogP contribution is 2.16. The van der Waals surface area contributed by atoms with Crippen molar-refractivity contribution in [3.63, 3.8) is 0 Å². The largest absolute Gasteiger partial charge is 0.321 e. The Kier molecular flexibility index (Phi) is 3.35. The van der Waals surface area contributed by atoms with Crippen LogP contribution in [0.4, 0.5) is 0 Å². The summed E-state index contributed by atoms with van der Waals surface area (Å²) in [6.07, 6.45) is 0. The zero-order valence-corrected chi connectivity index (χ0v) is 7.92. The monoisotopic (exact) mass is 171 g/mol. The summed E-state index contributed by atoms with van der Waals surface area (Å²) in [5.74, 6) is 0. The van der Waals surface area contributed by atoms with Crippen molar-refractivity contribution in [3.05, 3.63) is 0 Å². The van der Waals surface area contributed by atoms with E-state index < -0.39 is 6.86 Å². The molecule has 0 aromatic heterocycles. The van der Waals surface area contributed by atoms with E-state index in [1.54, 1.807) is 0 Å². The quantitative estimate of drug-likeness (QED) is 0.454. The molecule has 0 radical (unpaired) electrons. The molecule has 0 aromatic rings. The molecule has 8 heavy (non-hydrogen) atoms.